The Hall–Kier alpha value is -2.41. The van der Waals surface area contributed by atoms with Crippen LogP contribution in [0.4, 0.5) is 5.69 Å². The highest BCUT2D eigenvalue weighted by molar-refractivity contribution is 6.30. The molecule has 1 aliphatic carbocycles. The van der Waals surface area contributed by atoms with Crippen molar-refractivity contribution >= 4 is 41.0 Å². The number of nitrogens with zero attached hydrogens (tertiary/aromatic N) is 1. The van der Waals surface area contributed by atoms with E-state index in [2.05, 4.69) is 5.32 Å². The molecule has 1 saturated heterocycles. The Morgan fingerprint density at radius 1 is 1.08 bits per heavy atom. The quantitative estimate of drug-likeness (QED) is 0.624. The minimum atomic E-state index is -0.781. The van der Waals surface area contributed by atoms with Gasteiger partial charge in [-0.25, -0.2) is 0 Å². The SMILES string of the molecule is O=C(COC(=O)CN1C(=O)C2CCCCC2C1=O)Nc1ccc(Cl)cc1. The van der Waals surface area contributed by atoms with Gasteiger partial charge in [-0.1, -0.05) is 24.4 Å². The van der Waals surface area contributed by atoms with Gasteiger partial charge in [0, 0.05) is 10.7 Å². The summed E-state index contributed by atoms with van der Waals surface area (Å²) >= 11 is 5.76. The van der Waals surface area contributed by atoms with Crippen molar-refractivity contribution in [1.82, 2.24) is 4.90 Å². The summed E-state index contributed by atoms with van der Waals surface area (Å²) in [4.78, 5) is 49.3. The number of hydrogen-bond donors (Lipinski definition) is 1. The summed E-state index contributed by atoms with van der Waals surface area (Å²) in [5, 5.41) is 3.09. The Morgan fingerprint density at radius 3 is 2.23 bits per heavy atom. The molecule has 3 rings (SSSR count). The van der Waals surface area contributed by atoms with Crippen LogP contribution in [0.2, 0.25) is 5.02 Å². The van der Waals surface area contributed by atoms with Crippen LogP contribution in [-0.4, -0.2) is 41.7 Å². The van der Waals surface area contributed by atoms with Crippen molar-refractivity contribution in [2.75, 3.05) is 18.5 Å². The maximum atomic E-state index is 12.3. The van der Waals surface area contributed by atoms with E-state index in [0.717, 1.165) is 17.7 Å². The molecule has 1 heterocycles. The van der Waals surface area contributed by atoms with E-state index in [1.807, 2.05) is 0 Å². The van der Waals surface area contributed by atoms with E-state index in [9.17, 15) is 19.2 Å². The topological polar surface area (TPSA) is 92.8 Å². The fourth-order valence-electron chi connectivity index (χ4n) is 3.44. The monoisotopic (exact) mass is 378 g/mol. The highest BCUT2D eigenvalue weighted by Gasteiger charge is 2.48. The zero-order valence-electron chi connectivity index (χ0n) is 14.1. The molecule has 0 radical (unpaired) electrons. The number of fused-ring (bicyclic) bond motifs is 1. The Bertz CT molecular complexity index is 710. The smallest absolute Gasteiger partial charge is 0.326 e. The van der Waals surface area contributed by atoms with Crippen molar-refractivity contribution in [2.45, 2.75) is 25.7 Å². The second-order valence-electron chi connectivity index (χ2n) is 6.48. The van der Waals surface area contributed by atoms with Crippen LogP contribution in [0, 0.1) is 11.8 Å². The van der Waals surface area contributed by atoms with E-state index in [1.165, 1.54) is 0 Å². The number of imide groups is 1. The van der Waals surface area contributed by atoms with Crippen molar-refractivity contribution < 1.29 is 23.9 Å². The van der Waals surface area contributed by atoms with E-state index in [0.29, 0.717) is 23.6 Å². The second-order valence-corrected chi connectivity index (χ2v) is 6.91. The normalized spacial score (nSPS) is 22.1. The number of halogens is 1. The standard InChI is InChI=1S/C18H19ClN2O5/c19-11-5-7-12(8-6-11)20-15(22)10-26-16(23)9-21-17(24)13-3-1-2-4-14(13)18(21)25/h5-8,13-14H,1-4,9-10H2,(H,20,22). The summed E-state index contributed by atoms with van der Waals surface area (Å²) in [7, 11) is 0. The molecule has 1 saturated carbocycles. The van der Waals surface area contributed by atoms with Gasteiger partial charge in [-0.3, -0.25) is 24.1 Å². The third-order valence-corrected chi connectivity index (χ3v) is 4.96. The summed E-state index contributed by atoms with van der Waals surface area (Å²) in [5.41, 5.74) is 0.518. The maximum Gasteiger partial charge on any atom is 0.326 e. The molecule has 1 aliphatic heterocycles. The highest BCUT2D eigenvalue weighted by Crippen LogP contribution is 2.37. The van der Waals surface area contributed by atoms with Gasteiger partial charge in [0.1, 0.15) is 6.54 Å². The van der Waals surface area contributed by atoms with Gasteiger partial charge in [-0.2, -0.15) is 0 Å². The van der Waals surface area contributed by atoms with E-state index >= 15 is 0 Å². The van der Waals surface area contributed by atoms with Crippen LogP contribution in [0.5, 0.6) is 0 Å². The zero-order valence-corrected chi connectivity index (χ0v) is 14.8. The molecule has 0 bridgehead atoms. The highest BCUT2D eigenvalue weighted by atomic mass is 35.5. The van der Waals surface area contributed by atoms with Gasteiger partial charge in [0.15, 0.2) is 6.61 Å². The average Bonchev–Trinajstić information content (AvgIpc) is 2.87. The molecule has 2 fully saturated rings. The Labute approximate surface area is 155 Å². The number of nitrogens with one attached hydrogen (secondary N) is 1. The van der Waals surface area contributed by atoms with E-state index < -0.39 is 25.0 Å². The Balaban J connectivity index is 1.48. The van der Waals surface area contributed by atoms with Crippen molar-refractivity contribution in [3.8, 4) is 0 Å². The lowest BCUT2D eigenvalue weighted by Gasteiger charge is -2.19. The second kappa shape index (κ2) is 7.86. The molecule has 7 nitrogen and oxygen atoms in total. The minimum Gasteiger partial charge on any atom is -0.454 e. The molecule has 2 atom stereocenters. The fourth-order valence-corrected chi connectivity index (χ4v) is 3.56. The summed E-state index contributed by atoms with van der Waals surface area (Å²) in [6, 6.07) is 6.47. The predicted molar refractivity (Wildman–Crippen MR) is 93.2 cm³/mol. The molecule has 2 unspecified atom stereocenters. The summed E-state index contributed by atoms with van der Waals surface area (Å²) in [6.45, 7) is -0.941. The summed E-state index contributed by atoms with van der Waals surface area (Å²) < 4.78 is 4.89. The van der Waals surface area contributed by atoms with Crippen LogP contribution in [0.25, 0.3) is 0 Å². The third kappa shape index (κ3) is 4.04. The Kier molecular flexibility index (Phi) is 5.56. The molecule has 0 spiro atoms. The number of ether oxygens (including phenoxy) is 1. The molecule has 26 heavy (non-hydrogen) atoms. The van der Waals surface area contributed by atoms with Crippen molar-refractivity contribution in [3.63, 3.8) is 0 Å². The van der Waals surface area contributed by atoms with Gasteiger partial charge in [0.05, 0.1) is 11.8 Å². The number of anilines is 1. The van der Waals surface area contributed by atoms with Crippen LogP contribution in [0.1, 0.15) is 25.7 Å². The number of amides is 3. The first kappa shape index (κ1) is 18.4. The molecule has 1 N–H and O–H groups in total. The summed E-state index contributed by atoms with van der Waals surface area (Å²) in [6.07, 6.45) is 3.21. The Morgan fingerprint density at radius 2 is 1.65 bits per heavy atom. The first-order chi connectivity index (χ1) is 12.5. The molecule has 0 aromatic heterocycles. The van der Waals surface area contributed by atoms with Gasteiger partial charge in [-0.05, 0) is 37.1 Å². The number of benzene rings is 1. The van der Waals surface area contributed by atoms with Crippen LogP contribution in [0.3, 0.4) is 0 Å². The molecule has 2 aliphatic rings. The van der Waals surface area contributed by atoms with E-state index in [1.54, 1.807) is 24.3 Å². The minimum absolute atomic E-state index is 0.303. The van der Waals surface area contributed by atoms with Gasteiger partial charge >= 0.3 is 5.97 Å². The van der Waals surface area contributed by atoms with Gasteiger partial charge in [-0.15, -0.1) is 0 Å². The van der Waals surface area contributed by atoms with Crippen molar-refractivity contribution in [3.05, 3.63) is 29.3 Å². The largest absolute Gasteiger partial charge is 0.454 e. The zero-order chi connectivity index (χ0) is 18.7. The van der Waals surface area contributed by atoms with Gasteiger partial charge in [0.2, 0.25) is 11.8 Å². The summed E-state index contributed by atoms with van der Waals surface area (Å²) in [5.74, 6) is -2.52. The van der Waals surface area contributed by atoms with E-state index in [-0.39, 0.29) is 23.7 Å². The molecule has 1 aromatic carbocycles. The molecule has 8 heteroatoms. The van der Waals surface area contributed by atoms with Crippen LogP contribution < -0.4 is 5.32 Å². The molecular weight excluding hydrogens is 360 g/mol. The van der Waals surface area contributed by atoms with Crippen molar-refractivity contribution in [1.29, 1.82) is 0 Å². The number of carbonyl (C=O) groups is 4. The lowest BCUT2D eigenvalue weighted by atomic mass is 9.81. The lowest BCUT2D eigenvalue weighted by molar-refractivity contribution is -0.154. The van der Waals surface area contributed by atoms with Crippen LogP contribution in [0.15, 0.2) is 24.3 Å². The number of likely N-dealkylation sites (tertiary alicyclic amines) is 1. The van der Waals surface area contributed by atoms with Crippen molar-refractivity contribution in [2.24, 2.45) is 11.8 Å². The van der Waals surface area contributed by atoms with Gasteiger partial charge < -0.3 is 10.1 Å². The number of rotatable bonds is 5. The van der Waals surface area contributed by atoms with E-state index in [4.69, 9.17) is 16.3 Å². The lowest BCUT2D eigenvalue weighted by Crippen LogP contribution is -2.37. The average molecular weight is 379 g/mol. The van der Waals surface area contributed by atoms with Gasteiger partial charge in [0.25, 0.3) is 5.91 Å². The molecular formula is C18H19ClN2O5. The third-order valence-electron chi connectivity index (χ3n) is 4.71. The molecule has 3 amide bonds. The first-order valence-corrected chi connectivity index (χ1v) is 8.90. The molecule has 138 valence electrons. The predicted octanol–water partition coefficient (Wildman–Crippen LogP) is 2.00. The molecule has 1 aromatic rings. The number of esters is 1. The maximum absolute atomic E-state index is 12.3. The van der Waals surface area contributed by atoms with Crippen LogP contribution in [-0.2, 0) is 23.9 Å². The van der Waals surface area contributed by atoms with Crippen LogP contribution >= 0.6 is 11.6 Å². The number of carbonyl (C=O) groups excluding carboxylic acids is 4. The fraction of sp³-hybridized carbons (Fsp3) is 0.444. The number of hydrogen-bond acceptors (Lipinski definition) is 5. The first-order valence-electron chi connectivity index (χ1n) is 8.52.